The monoisotopic (exact) mass is 264 g/mol. The number of carbonyl (C=O) groups excluding carboxylic acids is 1. The number of hydrogen-bond acceptors (Lipinski definition) is 5. The van der Waals surface area contributed by atoms with Crippen LogP contribution in [0.3, 0.4) is 0 Å². The minimum atomic E-state index is -0.327. The highest BCUT2D eigenvalue weighted by atomic mass is 16.5. The molecule has 0 saturated carbocycles. The van der Waals surface area contributed by atoms with Crippen LogP contribution in [0.4, 0.5) is 5.82 Å². The zero-order valence-corrected chi connectivity index (χ0v) is 11.6. The number of Topliss-reactive ketones (excluding diaryl/α,β-unsaturated/α-hetero) is 1. The molecule has 0 amide bonds. The van der Waals surface area contributed by atoms with Crippen molar-refractivity contribution in [2.24, 2.45) is 0 Å². The fraction of sp³-hybridized carbons (Fsp3) is 0.571. The fourth-order valence-corrected chi connectivity index (χ4v) is 2.35. The summed E-state index contributed by atoms with van der Waals surface area (Å²) in [7, 11) is 0. The molecule has 1 unspecified atom stereocenters. The molecule has 2 heterocycles. The number of aromatic nitrogens is 1. The minimum Gasteiger partial charge on any atom is -0.394 e. The van der Waals surface area contributed by atoms with Gasteiger partial charge in [-0.05, 0) is 32.9 Å². The molecular weight excluding hydrogens is 244 g/mol. The molecule has 1 aliphatic heterocycles. The lowest BCUT2D eigenvalue weighted by Gasteiger charge is -2.42. The number of aliphatic hydroxyl groups is 1. The maximum atomic E-state index is 11.2. The summed E-state index contributed by atoms with van der Waals surface area (Å²) in [6, 6.07) is 3.62. The molecule has 1 N–H and O–H groups in total. The SMILES string of the molecule is CC(=O)c1ccc(N2CC(CO)OC(C)(C)C2)nc1. The van der Waals surface area contributed by atoms with E-state index in [9.17, 15) is 9.90 Å². The van der Waals surface area contributed by atoms with Crippen LogP contribution in [0.1, 0.15) is 31.1 Å². The van der Waals surface area contributed by atoms with Gasteiger partial charge < -0.3 is 14.7 Å². The van der Waals surface area contributed by atoms with Gasteiger partial charge in [0, 0.05) is 24.8 Å². The van der Waals surface area contributed by atoms with Gasteiger partial charge in [0.25, 0.3) is 0 Å². The standard InChI is InChI=1S/C14H20N2O3/c1-10(18)11-4-5-13(15-6-11)16-7-12(8-17)19-14(2,3)9-16/h4-6,12,17H,7-9H2,1-3H3. The van der Waals surface area contributed by atoms with Crippen molar-refractivity contribution in [2.75, 3.05) is 24.6 Å². The lowest BCUT2D eigenvalue weighted by atomic mass is 10.1. The maximum absolute atomic E-state index is 11.2. The summed E-state index contributed by atoms with van der Waals surface area (Å²) in [4.78, 5) is 17.6. The molecule has 1 fully saturated rings. The van der Waals surface area contributed by atoms with Crippen LogP contribution in [0.15, 0.2) is 18.3 Å². The van der Waals surface area contributed by atoms with E-state index in [-0.39, 0.29) is 24.1 Å². The van der Waals surface area contributed by atoms with Crippen LogP contribution in [-0.4, -0.2) is 47.3 Å². The van der Waals surface area contributed by atoms with E-state index in [0.29, 0.717) is 18.7 Å². The minimum absolute atomic E-state index is 0.00847. The lowest BCUT2D eigenvalue weighted by molar-refractivity contribution is -0.101. The van der Waals surface area contributed by atoms with Crippen LogP contribution in [0.5, 0.6) is 0 Å². The molecule has 0 aliphatic carbocycles. The smallest absolute Gasteiger partial charge is 0.161 e. The van der Waals surface area contributed by atoms with Gasteiger partial charge in [-0.15, -0.1) is 0 Å². The highest BCUT2D eigenvalue weighted by Crippen LogP contribution is 2.24. The number of hydrogen-bond donors (Lipinski definition) is 1. The Morgan fingerprint density at radius 2 is 2.32 bits per heavy atom. The number of nitrogens with zero attached hydrogens (tertiary/aromatic N) is 2. The summed E-state index contributed by atoms with van der Waals surface area (Å²) in [6.45, 7) is 6.81. The number of pyridine rings is 1. The first-order valence-corrected chi connectivity index (χ1v) is 6.42. The summed E-state index contributed by atoms with van der Waals surface area (Å²) in [6.07, 6.45) is 1.38. The second-order valence-electron chi connectivity index (χ2n) is 5.52. The largest absolute Gasteiger partial charge is 0.394 e. The normalized spacial score (nSPS) is 22.3. The quantitative estimate of drug-likeness (QED) is 0.833. The average Bonchev–Trinajstić information content (AvgIpc) is 2.37. The van der Waals surface area contributed by atoms with Crippen LogP contribution in [0.25, 0.3) is 0 Å². The third kappa shape index (κ3) is 3.30. The van der Waals surface area contributed by atoms with E-state index >= 15 is 0 Å². The lowest BCUT2D eigenvalue weighted by Crippen LogP contribution is -2.54. The third-order valence-corrected chi connectivity index (χ3v) is 3.16. The van der Waals surface area contributed by atoms with Crippen LogP contribution in [0.2, 0.25) is 0 Å². The highest BCUT2D eigenvalue weighted by Gasteiger charge is 2.33. The van der Waals surface area contributed by atoms with Gasteiger partial charge in [0.1, 0.15) is 5.82 Å². The van der Waals surface area contributed by atoms with Gasteiger partial charge in [-0.25, -0.2) is 4.98 Å². The number of carbonyl (C=O) groups is 1. The molecule has 5 nitrogen and oxygen atoms in total. The van der Waals surface area contributed by atoms with E-state index in [0.717, 1.165) is 5.82 Å². The molecule has 104 valence electrons. The van der Waals surface area contributed by atoms with Crippen molar-refractivity contribution in [3.05, 3.63) is 23.9 Å². The van der Waals surface area contributed by atoms with Crippen molar-refractivity contribution in [1.82, 2.24) is 4.98 Å². The molecule has 0 radical (unpaired) electrons. The average molecular weight is 264 g/mol. The molecule has 0 spiro atoms. The van der Waals surface area contributed by atoms with Crippen molar-refractivity contribution < 1.29 is 14.6 Å². The van der Waals surface area contributed by atoms with Gasteiger partial charge in [0.15, 0.2) is 5.78 Å². The maximum Gasteiger partial charge on any atom is 0.161 e. The third-order valence-electron chi connectivity index (χ3n) is 3.16. The zero-order chi connectivity index (χ0) is 14.0. The second kappa shape index (κ2) is 5.27. The Kier molecular flexibility index (Phi) is 3.87. The molecule has 0 aromatic carbocycles. The number of ether oxygens (including phenoxy) is 1. The summed E-state index contributed by atoms with van der Waals surface area (Å²) in [5.74, 6) is 0.814. The van der Waals surface area contributed by atoms with E-state index in [1.54, 1.807) is 12.3 Å². The van der Waals surface area contributed by atoms with Crippen molar-refractivity contribution >= 4 is 11.6 Å². The molecule has 1 saturated heterocycles. The van der Waals surface area contributed by atoms with Gasteiger partial charge in [-0.2, -0.15) is 0 Å². The number of anilines is 1. The van der Waals surface area contributed by atoms with E-state index in [1.807, 2.05) is 19.9 Å². The molecule has 1 atom stereocenters. The van der Waals surface area contributed by atoms with E-state index in [2.05, 4.69) is 9.88 Å². The molecule has 1 aromatic heterocycles. The van der Waals surface area contributed by atoms with Crippen molar-refractivity contribution in [2.45, 2.75) is 32.5 Å². The van der Waals surface area contributed by atoms with Gasteiger partial charge in [0.2, 0.25) is 0 Å². The first-order valence-electron chi connectivity index (χ1n) is 6.42. The first-order chi connectivity index (χ1) is 8.91. The van der Waals surface area contributed by atoms with Gasteiger partial charge >= 0.3 is 0 Å². The van der Waals surface area contributed by atoms with Crippen LogP contribution < -0.4 is 4.90 Å². The Morgan fingerprint density at radius 1 is 1.58 bits per heavy atom. The number of rotatable bonds is 3. The summed E-state index contributed by atoms with van der Waals surface area (Å²) < 4.78 is 5.76. The molecule has 0 bridgehead atoms. The predicted molar refractivity (Wildman–Crippen MR) is 72.5 cm³/mol. The molecule has 19 heavy (non-hydrogen) atoms. The van der Waals surface area contributed by atoms with Crippen molar-refractivity contribution in [3.8, 4) is 0 Å². The Morgan fingerprint density at radius 3 is 2.84 bits per heavy atom. The Labute approximate surface area is 113 Å². The number of ketones is 1. The molecule has 5 heteroatoms. The van der Waals surface area contributed by atoms with E-state index in [4.69, 9.17) is 4.74 Å². The molecule has 1 aliphatic rings. The van der Waals surface area contributed by atoms with Gasteiger partial charge in [-0.1, -0.05) is 0 Å². The zero-order valence-electron chi connectivity index (χ0n) is 11.6. The summed E-state index contributed by atoms with van der Waals surface area (Å²) >= 11 is 0. The van der Waals surface area contributed by atoms with Crippen LogP contribution >= 0.6 is 0 Å². The van der Waals surface area contributed by atoms with Crippen molar-refractivity contribution in [3.63, 3.8) is 0 Å². The fourth-order valence-electron chi connectivity index (χ4n) is 2.35. The van der Waals surface area contributed by atoms with Crippen LogP contribution in [0, 0.1) is 0 Å². The Hall–Kier alpha value is -1.46. The Balaban J connectivity index is 2.18. The number of morpholine rings is 1. The second-order valence-corrected chi connectivity index (χ2v) is 5.52. The first kappa shape index (κ1) is 14.0. The highest BCUT2D eigenvalue weighted by molar-refractivity contribution is 5.93. The van der Waals surface area contributed by atoms with Crippen molar-refractivity contribution in [1.29, 1.82) is 0 Å². The van der Waals surface area contributed by atoms with E-state index in [1.165, 1.54) is 6.92 Å². The summed E-state index contributed by atoms with van der Waals surface area (Å²) in [5.41, 5.74) is 0.280. The van der Waals surface area contributed by atoms with Crippen LogP contribution in [-0.2, 0) is 4.74 Å². The van der Waals surface area contributed by atoms with Gasteiger partial charge in [0.05, 0.1) is 18.3 Å². The topological polar surface area (TPSA) is 62.7 Å². The number of aliphatic hydroxyl groups excluding tert-OH is 1. The molecular formula is C14H20N2O3. The van der Waals surface area contributed by atoms with Gasteiger partial charge in [-0.3, -0.25) is 4.79 Å². The van der Waals surface area contributed by atoms with E-state index < -0.39 is 0 Å². The Bertz CT molecular complexity index is 456. The molecule has 2 rings (SSSR count). The predicted octanol–water partition coefficient (Wildman–Crippen LogP) is 1.26. The summed E-state index contributed by atoms with van der Waals surface area (Å²) in [5, 5.41) is 9.29. The molecule has 1 aromatic rings.